The maximum absolute atomic E-state index is 2.66. The Morgan fingerprint density at radius 2 is 0.930 bits per heavy atom. The summed E-state index contributed by atoms with van der Waals surface area (Å²) in [6, 6.07) is 49.2. The van der Waals surface area contributed by atoms with Crippen LogP contribution in [0.3, 0.4) is 0 Å². The Kier molecular flexibility index (Phi) is 9.94. The van der Waals surface area contributed by atoms with Crippen LogP contribution in [0.1, 0.15) is 157 Å². The van der Waals surface area contributed by atoms with E-state index in [1.165, 1.54) is 138 Å². The first-order chi connectivity index (χ1) is 33.5. The number of hydrogen-bond acceptors (Lipinski definition) is 0. The normalized spacial score (nSPS) is 15.2. The number of benzene rings is 9. The van der Waals surface area contributed by atoms with E-state index in [9.17, 15) is 0 Å². The van der Waals surface area contributed by atoms with Crippen LogP contribution in [0.5, 0.6) is 0 Å². The molecule has 12 rings (SSSR count). The smallest absolute Gasteiger partial charge is 0.0111 e. The highest BCUT2D eigenvalue weighted by Gasteiger charge is 2.41. The molecule has 1 atom stereocenters. The summed E-state index contributed by atoms with van der Waals surface area (Å²) in [6.45, 7) is 35.6. The standard InChI is InChI=1S/C71H72/c1-39-28-40(2)60(41(3)29-39)43-27-26-42-34-58-64-53(56(42)35-43)23-19-25-55(64)66-61(44-30-46(68(4,5)6)36-47(31-44)69(7,8)9)59-38-57-51-21-17-16-20-50(51)52-22-18-24-54(63(52)57)65(59)62(67(58)66)45-32-48(70(10,11)12)37-49(33-45)71(13,14)15/h16-18,20-22,24,26-38,55H,19,23,25H2,1-15H3. The van der Waals surface area contributed by atoms with Crippen LogP contribution in [0.15, 0.2) is 121 Å². The molecule has 0 amide bonds. The molecule has 0 heteroatoms. The molecule has 0 aliphatic heterocycles. The van der Waals surface area contributed by atoms with Crippen molar-refractivity contribution >= 4 is 32.3 Å². The molecule has 71 heavy (non-hydrogen) atoms. The van der Waals surface area contributed by atoms with Gasteiger partial charge in [-0.25, -0.2) is 0 Å². The van der Waals surface area contributed by atoms with E-state index in [2.05, 4.69) is 225 Å². The van der Waals surface area contributed by atoms with Crippen molar-refractivity contribution in [1.29, 1.82) is 0 Å². The lowest BCUT2D eigenvalue weighted by atomic mass is 9.73. The summed E-state index contributed by atoms with van der Waals surface area (Å²) >= 11 is 0. The van der Waals surface area contributed by atoms with Gasteiger partial charge in [0, 0.05) is 5.92 Å². The maximum Gasteiger partial charge on any atom is 0.0111 e. The third-order valence-electron chi connectivity index (χ3n) is 17.0. The second-order valence-electron chi connectivity index (χ2n) is 26.2. The fourth-order valence-corrected chi connectivity index (χ4v) is 13.4. The molecule has 0 aromatic heterocycles. The van der Waals surface area contributed by atoms with Gasteiger partial charge in [-0.2, -0.15) is 0 Å². The van der Waals surface area contributed by atoms with Crippen molar-refractivity contribution in [3.8, 4) is 66.8 Å². The zero-order valence-electron chi connectivity index (χ0n) is 45.2. The van der Waals surface area contributed by atoms with Crippen molar-refractivity contribution in [2.75, 3.05) is 0 Å². The second kappa shape index (κ2) is 15.4. The summed E-state index contributed by atoms with van der Waals surface area (Å²) in [5.74, 6) is 0.268. The highest BCUT2D eigenvalue weighted by atomic mass is 14.4. The third-order valence-corrected chi connectivity index (χ3v) is 17.0. The SMILES string of the molecule is Cc1cc(C)c(-c2ccc3cc4c5c(c3c2)CCCC5c2c-4c(-c3cc(C(C)(C)C)cc(C(C)(C)C)c3)c3c(cc4c5c(cccc53)-c3ccccc3-4)c2-c2cc(C(C)(C)C)cc(C(C)(C)C)c2)c(C)c1. The topological polar surface area (TPSA) is 0 Å². The Morgan fingerprint density at radius 1 is 0.380 bits per heavy atom. The molecule has 1 unspecified atom stereocenters. The summed E-state index contributed by atoms with van der Waals surface area (Å²) in [5.41, 5.74) is 30.8. The Balaban J connectivity index is 1.32. The Morgan fingerprint density at radius 3 is 1.51 bits per heavy atom. The third kappa shape index (κ3) is 7.05. The maximum atomic E-state index is 2.66. The van der Waals surface area contributed by atoms with Crippen LogP contribution in [0.4, 0.5) is 0 Å². The van der Waals surface area contributed by atoms with Gasteiger partial charge < -0.3 is 0 Å². The minimum Gasteiger partial charge on any atom is -0.0616 e. The molecule has 9 aromatic carbocycles. The van der Waals surface area contributed by atoms with Gasteiger partial charge in [-0.3, -0.25) is 0 Å². The Hall–Kier alpha value is -6.24. The predicted molar refractivity (Wildman–Crippen MR) is 309 cm³/mol. The summed E-state index contributed by atoms with van der Waals surface area (Å²) < 4.78 is 0. The van der Waals surface area contributed by atoms with Gasteiger partial charge in [-0.05, 0) is 229 Å². The number of aryl methyl sites for hydroxylation is 4. The molecule has 0 nitrogen and oxygen atoms in total. The van der Waals surface area contributed by atoms with E-state index >= 15 is 0 Å². The minimum atomic E-state index is -0.0444. The van der Waals surface area contributed by atoms with E-state index in [0.717, 1.165) is 19.3 Å². The van der Waals surface area contributed by atoms with Crippen LogP contribution in [0.25, 0.3) is 99.1 Å². The van der Waals surface area contributed by atoms with Gasteiger partial charge in [0.05, 0.1) is 0 Å². The molecule has 9 aromatic rings. The first-order valence-electron chi connectivity index (χ1n) is 26.7. The van der Waals surface area contributed by atoms with Crippen molar-refractivity contribution in [3.63, 3.8) is 0 Å². The zero-order chi connectivity index (χ0) is 50.0. The molecule has 0 radical (unpaired) electrons. The molecule has 0 saturated carbocycles. The van der Waals surface area contributed by atoms with Crippen LogP contribution in [-0.2, 0) is 28.1 Å². The molecule has 0 bridgehead atoms. The molecular formula is C71H72. The molecule has 0 saturated heterocycles. The average molecular weight is 925 g/mol. The van der Waals surface area contributed by atoms with Gasteiger partial charge >= 0.3 is 0 Å². The van der Waals surface area contributed by atoms with Gasteiger partial charge in [0.25, 0.3) is 0 Å². The highest BCUT2D eigenvalue weighted by molar-refractivity contribution is 6.30. The first-order valence-corrected chi connectivity index (χ1v) is 26.7. The molecular weight excluding hydrogens is 853 g/mol. The lowest BCUT2D eigenvalue weighted by Gasteiger charge is -2.30. The zero-order valence-corrected chi connectivity index (χ0v) is 45.2. The quantitative estimate of drug-likeness (QED) is 0.155. The molecule has 0 spiro atoms. The Labute approximate surface area is 424 Å². The number of rotatable bonds is 3. The first kappa shape index (κ1) is 45.9. The number of hydrogen-bond donors (Lipinski definition) is 0. The van der Waals surface area contributed by atoms with Gasteiger partial charge in [0.2, 0.25) is 0 Å². The van der Waals surface area contributed by atoms with Crippen molar-refractivity contribution in [3.05, 3.63) is 177 Å². The summed E-state index contributed by atoms with van der Waals surface area (Å²) in [5, 5.41) is 8.32. The fraction of sp³-hybridized carbons (Fsp3) is 0.324. The summed E-state index contributed by atoms with van der Waals surface area (Å²) in [7, 11) is 0. The van der Waals surface area contributed by atoms with Crippen LogP contribution in [0.2, 0.25) is 0 Å². The van der Waals surface area contributed by atoms with E-state index in [1.54, 1.807) is 16.7 Å². The van der Waals surface area contributed by atoms with Crippen molar-refractivity contribution in [2.24, 2.45) is 0 Å². The molecule has 3 aliphatic rings. The van der Waals surface area contributed by atoms with Gasteiger partial charge in [0.15, 0.2) is 0 Å². The monoisotopic (exact) mass is 925 g/mol. The average Bonchev–Trinajstić information content (AvgIpc) is 3.80. The largest absolute Gasteiger partial charge is 0.0616 e. The summed E-state index contributed by atoms with van der Waals surface area (Å²) in [6.07, 6.45) is 3.40. The molecule has 0 N–H and O–H groups in total. The lowest BCUT2D eigenvalue weighted by molar-refractivity contribution is 0.568. The van der Waals surface area contributed by atoms with E-state index < -0.39 is 0 Å². The molecule has 0 fully saturated rings. The van der Waals surface area contributed by atoms with Gasteiger partial charge in [0.1, 0.15) is 0 Å². The van der Waals surface area contributed by atoms with E-state index in [1.807, 2.05) is 0 Å². The predicted octanol–water partition coefficient (Wildman–Crippen LogP) is 20.4. The van der Waals surface area contributed by atoms with Crippen molar-refractivity contribution in [1.82, 2.24) is 0 Å². The van der Waals surface area contributed by atoms with E-state index in [4.69, 9.17) is 0 Å². The lowest BCUT2D eigenvalue weighted by Crippen LogP contribution is -2.17. The molecule has 3 aliphatic carbocycles. The van der Waals surface area contributed by atoms with E-state index in [0.29, 0.717) is 0 Å². The molecule has 356 valence electrons. The second-order valence-corrected chi connectivity index (χ2v) is 26.2. The van der Waals surface area contributed by atoms with Gasteiger partial charge in [-0.1, -0.05) is 192 Å². The van der Waals surface area contributed by atoms with Gasteiger partial charge in [-0.15, -0.1) is 0 Å². The van der Waals surface area contributed by atoms with Crippen molar-refractivity contribution < 1.29 is 0 Å². The summed E-state index contributed by atoms with van der Waals surface area (Å²) in [4.78, 5) is 0. The minimum absolute atomic E-state index is 0.0368. The van der Waals surface area contributed by atoms with Crippen LogP contribution >= 0.6 is 0 Å². The van der Waals surface area contributed by atoms with Crippen LogP contribution < -0.4 is 0 Å². The molecule has 0 heterocycles. The Bertz CT molecular complexity index is 3690. The van der Waals surface area contributed by atoms with Crippen molar-refractivity contribution in [2.45, 2.75) is 151 Å². The van der Waals surface area contributed by atoms with E-state index in [-0.39, 0.29) is 27.6 Å². The highest BCUT2D eigenvalue weighted by Crippen LogP contribution is 2.63. The number of fused-ring (bicyclic) bond motifs is 10. The van der Waals surface area contributed by atoms with Crippen LogP contribution in [0, 0.1) is 20.8 Å². The fourth-order valence-electron chi connectivity index (χ4n) is 13.4. The van der Waals surface area contributed by atoms with Crippen LogP contribution in [-0.4, -0.2) is 0 Å².